The van der Waals surface area contributed by atoms with E-state index in [1.54, 1.807) is 6.07 Å². The van der Waals surface area contributed by atoms with Gasteiger partial charge in [0.05, 0.1) is 4.92 Å². The summed E-state index contributed by atoms with van der Waals surface area (Å²) in [5.74, 6) is -0.284. The molecule has 17 heavy (non-hydrogen) atoms. The minimum Gasteiger partial charge on any atom is -0.502 e. The van der Waals surface area contributed by atoms with E-state index in [2.05, 4.69) is 19.2 Å². The summed E-state index contributed by atoms with van der Waals surface area (Å²) in [5.41, 5.74) is 0.579. The van der Waals surface area contributed by atoms with E-state index in [1.165, 1.54) is 12.1 Å². The van der Waals surface area contributed by atoms with Crippen LogP contribution in [0.25, 0.3) is 0 Å². The summed E-state index contributed by atoms with van der Waals surface area (Å²) in [6.07, 6.45) is 1.01. The summed E-state index contributed by atoms with van der Waals surface area (Å²) in [4.78, 5) is 9.88. The molecule has 1 rings (SSSR count). The van der Waals surface area contributed by atoms with Crippen molar-refractivity contribution in [1.29, 1.82) is 0 Å². The fraction of sp³-hybridized carbons (Fsp3) is 0.455. The number of phenols is 1. The van der Waals surface area contributed by atoms with Gasteiger partial charge in [0.15, 0.2) is 5.75 Å². The largest absolute Gasteiger partial charge is 0.502 e. The number of aromatic hydroxyl groups is 1. The summed E-state index contributed by atoms with van der Waals surface area (Å²) in [6, 6.07) is 4.78. The Bertz CT molecular complexity index is 385. The normalized spacial score (nSPS) is 11.6. The minimum absolute atomic E-state index is 0. The third-order valence-electron chi connectivity index (χ3n) is 2.50. The Morgan fingerprint density at radius 1 is 1.53 bits per heavy atom. The number of nitro benzene ring substituents is 1. The average molecular weight is 261 g/mol. The van der Waals surface area contributed by atoms with Gasteiger partial charge in [-0.3, -0.25) is 10.1 Å². The van der Waals surface area contributed by atoms with Crippen LogP contribution in [0.3, 0.4) is 0 Å². The van der Waals surface area contributed by atoms with Crippen LogP contribution >= 0.6 is 12.4 Å². The molecular weight excluding hydrogens is 244 g/mol. The molecule has 1 unspecified atom stereocenters. The molecule has 0 bridgehead atoms. The predicted molar refractivity (Wildman–Crippen MR) is 68.6 cm³/mol. The van der Waals surface area contributed by atoms with Crippen LogP contribution in [-0.2, 0) is 6.54 Å². The maximum absolute atomic E-state index is 10.5. The number of benzene rings is 1. The van der Waals surface area contributed by atoms with E-state index in [9.17, 15) is 15.2 Å². The van der Waals surface area contributed by atoms with Gasteiger partial charge in [-0.1, -0.05) is 13.0 Å². The molecule has 0 saturated carbocycles. The molecule has 6 heteroatoms. The SMILES string of the molecule is CCC(C)NCc1ccc([N+](=O)[O-])c(O)c1.Cl. The van der Waals surface area contributed by atoms with E-state index in [0.29, 0.717) is 12.6 Å². The Morgan fingerprint density at radius 2 is 2.18 bits per heavy atom. The highest BCUT2D eigenvalue weighted by atomic mass is 35.5. The van der Waals surface area contributed by atoms with Gasteiger partial charge in [-0.05, 0) is 25.0 Å². The van der Waals surface area contributed by atoms with Crippen molar-refractivity contribution in [2.75, 3.05) is 0 Å². The first-order valence-corrected chi connectivity index (χ1v) is 5.24. The highest BCUT2D eigenvalue weighted by Gasteiger charge is 2.12. The molecule has 0 aliphatic rings. The highest BCUT2D eigenvalue weighted by molar-refractivity contribution is 5.85. The van der Waals surface area contributed by atoms with E-state index in [1.807, 2.05) is 0 Å². The molecule has 0 saturated heterocycles. The first-order valence-electron chi connectivity index (χ1n) is 5.24. The quantitative estimate of drug-likeness (QED) is 0.630. The third-order valence-corrected chi connectivity index (χ3v) is 2.50. The standard InChI is InChI=1S/C11H16N2O3.ClH/c1-3-8(2)12-7-9-4-5-10(13(15)16)11(14)6-9;/h4-6,8,12,14H,3,7H2,1-2H3;1H. The van der Waals surface area contributed by atoms with Gasteiger partial charge in [-0.15, -0.1) is 12.4 Å². The number of rotatable bonds is 5. The zero-order valence-corrected chi connectivity index (χ0v) is 10.7. The van der Waals surface area contributed by atoms with Gasteiger partial charge in [-0.2, -0.15) is 0 Å². The van der Waals surface area contributed by atoms with Crippen LogP contribution in [0.5, 0.6) is 5.75 Å². The number of nitrogens with zero attached hydrogens (tertiary/aromatic N) is 1. The molecule has 0 aromatic heterocycles. The van der Waals surface area contributed by atoms with Gasteiger partial charge < -0.3 is 10.4 Å². The molecule has 1 aromatic carbocycles. The van der Waals surface area contributed by atoms with E-state index < -0.39 is 4.92 Å². The Kier molecular flexibility index (Phi) is 6.53. The molecule has 0 fully saturated rings. The lowest BCUT2D eigenvalue weighted by Gasteiger charge is -2.11. The predicted octanol–water partition coefficient (Wildman–Crippen LogP) is 2.61. The molecule has 0 radical (unpaired) electrons. The molecule has 1 aromatic rings. The summed E-state index contributed by atoms with van der Waals surface area (Å²) < 4.78 is 0. The average Bonchev–Trinajstić information content (AvgIpc) is 2.25. The van der Waals surface area contributed by atoms with Crippen LogP contribution in [0.2, 0.25) is 0 Å². The van der Waals surface area contributed by atoms with Gasteiger partial charge in [0, 0.05) is 18.7 Å². The molecule has 0 spiro atoms. The molecular formula is C11H17ClN2O3. The van der Waals surface area contributed by atoms with Gasteiger partial charge in [0.2, 0.25) is 0 Å². The van der Waals surface area contributed by atoms with E-state index in [-0.39, 0.29) is 23.8 Å². The maximum atomic E-state index is 10.5. The topological polar surface area (TPSA) is 75.4 Å². The maximum Gasteiger partial charge on any atom is 0.310 e. The number of nitro groups is 1. The van der Waals surface area contributed by atoms with Crippen molar-refractivity contribution in [3.8, 4) is 5.75 Å². The molecule has 0 amide bonds. The van der Waals surface area contributed by atoms with Crippen LogP contribution in [0.15, 0.2) is 18.2 Å². The Morgan fingerprint density at radius 3 is 2.65 bits per heavy atom. The summed E-state index contributed by atoms with van der Waals surface area (Å²) in [6.45, 7) is 4.73. The fourth-order valence-electron chi connectivity index (χ4n) is 1.27. The lowest BCUT2D eigenvalue weighted by molar-refractivity contribution is -0.385. The van der Waals surface area contributed by atoms with Crippen LogP contribution in [0.4, 0.5) is 5.69 Å². The monoisotopic (exact) mass is 260 g/mol. The Labute approximate surface area is 106 Å². The third kappa shape index (κ3) is 4.58. The van der Waals surface area contributed by atoms with Crippen LogP contribution < -0.4 is 5.32 Å². The lowest BCUT2D eigenvalue weighted by atomic mass is 10.1. The van der Waals surface area contributed by atoms with Gasteiger partial charge in [0.25, 0.3) is 0 Å². The van der Waals surface area contributed by atoms with Crippen LogP contribution in [0, 0.1) is 10.1 Å². The van der Waals surface area contributed by atoms with Crippen molar-refractivity contribution in [3.05, 3.63) is 33.9 Å². The van der Waals surface area contributed by atoms with E-state index in [0.717, 1.165) is 12.0 Å². The van der Waals surface area contributed by atoms with Crippen molar-refractivity contribution in [3.63, 3.8) is 0 Å². The van der Waals surface area contributed by atoms with Crippen molar-refractivity contribution in [2.45, 2.75) is 32.9 Å². The highest BCUT2D eigenvalue weighted by Crippen LogP contribution is 2.26. The first kappa shape index (κ1) is 15.7. The van der Waals surface area contributed by atoms with Crippen LogP contribution in [0.1, 0.15) is 25.8 Å². The second-order valence-corrected chi connectivity index (χ2v) is 3.77. The summed E-state index contributed by atoms with van der Waals surface area (Å²) in [7, 11) is 0. The summed E-state index contributed by atoms with van der Waals surface area (Å²) in [5, 5.41) is 23.1. The lowest BCUT2D eigenvalue weighted by Crippen LogP contribution is -2.24. The van der Waals surface area contributed by atoms with Crippen molar-refractivity contribution in [2.24, 2.45) is 0 Å². The molecule has 1 atom stereocenters. The number of halogens is 1. The fourth-order valence-corrected chi connectivity index (χ4v) is 1.27. The Balaban J connectivity index is 0.00000256. The van der Waals surface area contributed by atoms with Gasteiger partial charge >= 0.3 is 5.69 Å². The smallest absolute Gasteiger partial charge is 0.310 e. The van der Waals surface area contributed by atoms with E-state index in [4.69, 9.17) is 0 Å². The zero-order valence-electron chi connectivity index (χ0n) is 9.84. The van der Waals surface area contributed by atoms with Crippen molar-refractivity contribution < 1.29 is 10.0 Å². The molecule has 0 aliphatic carbocycles. The number of phenolic OH excluding ortho intramolecular Hbond substituents is 1. The zero-order chi connectivity index (χ0) is 12.1. The van der Waals surface area contributed by atoms with Crippen LogP contribution in [-0.4, -0.2) is 16.1 Å². The van der Waals surface area contributed by atoms with Gasteiger partial charge in [0.1, 0.15) is 0 Å². The number of nitrogens with one attached hydrogen (secondary N) is 1. The molecule has 5 nitrogen and oxygen atoms in total. The second-order valence-electron chi connectivity index (χ2n) is 3.77. The van der Waals surface area contributed by atoms with Crippen molar-refractivity contribution >= 4 is 18.1 Å². The number of hydrogen-bond acceptors (Lipinski definition) is 4. The Hall–Kier alpha value is -1.33. The number of hydrogen-bond donors (Lipinski definition) is 2. The first-order chi connectivity index (χ1) is 7.54. The minimum atomic E-state index is -0.596. The molecule has 96 valence electrons. The van der Waals surface area contributed by atoms with Gasteiger partial charge in [-0.25, -0.2) is 0 Å². The van der Waals surface area contributed by atoms with Crippen molar-refractivity contribution in [1.82, 2.24) is 5.32 Å². The van der Waals surface area contributed by atoms with E-state index >= 15 is 0 Å². The summed E-state index contributed by atoms with van der Waals surface area (Å²) >= 11 is 0. The molecule has 0 heterocycles. The second kappa shape index (κ2) is 7.09. The molecule has 0 aliphatic heterocycles. The molecule has 2 N–H and O–H groups in total.